The number of hydrogen-bond acceptors (Lipinski definition) is 5. The minimum Gasteiger partial charge on any atom is -0.383 e. The Hall–Kier alpha value is -3.69. The zero-order valence-corrected chi connectivity index (χ0v) is 20.0. The van der Waals surface area contributed by atoms with Crippen molar-refractivity contribution in [3.63, 3.8) is 0 Å². The lowest BCUT2D eigenvalue weighted by Gasteiger charge is -2.21. The Morgan fingerprint density at radius 1 is 1.19 bits per heavy atom. The zero-order chi connectivity index (χ0) is 25.9. The third-order valence-electron chi connectivity index (χ3n) is 7.89. The number of rotatable bonds is 7. The number of nitrogens with two attached hydrogens (primary N) is 1. The van der Waals surface area contributed by atoms with Crippen molar-refractivity contribution in [2.45, 2.75) is 50.9 Å². The van der Waals surface area contributed by atoms with Gasteiger partial charge in [-0.2, -0.15) is 18.3 Å². The molecule has 0 spiro atoms. The molecule has 2 aromatic heterocycles. The highest BCUT2D eigenvalue weighted by Crippen LogP contribution is 2.47. The summed E-state index contributed by atoms with van der Waals surface area (Å²) < 4.78 is 43.1. The first kappa shape index (κ1) is 23.7. The van der Waals surface area contributed by atoms with E-state index in [0.717, 1.165) is 36.5 Å². The van der Waals surface area contributed by atoms with Crippen molar-refractivity contribution in [2.75, 3.05) is 12.3 Å². The second kappa shape index (κ2) is 8.71. The summed E-state index contributed by atoms with van der Waals surface area (Å²) >= 11 is 0. The van der Waals surface area contributed by atoms with Gasteiger partial charge in [0.1, 0.15) is 5.82 Å². The Labute approximate surface area is 211 Å². The summed E-state index contributed by atoms with van der Waals surface area (Å²) in [6, 6.07) is 6.10. The predicted molar refractivity (Wildman–Crippen MR) is 128 cm³/mol. The molecule has 10 heteroatoms. The van der Waals surface area contributed by atoms with E-state index in [1.165, 1.54) is 21.8 Å². The SMILES string of the molecule is Nc1nccc2c1CC[C@H]2CC(=O)c1cnn(Cc2ccc(CN3CC4CC4C3=O)c(C(F)(F)F)c2)c1. The predicted octanol–water partition coefficient (Wildman–Crippen LogP) is 4.21. The molecule has 2 N–H and O–H groups in total. The number of Topliss-reactive ketones (excluding diaryl/α,β-unsaturated/α-hetero) is 1. The number of aromatic nitrogens is 3. The van der Waals surface area contributed by atoms with Gasteiger partial charge in [-0.05, 0) is 65.5 Å². The van der Waals surface area contributed by atoms with Crippen LogP contribution in [0.1, 0.15) is 63.4 Å². The quantitative estimate of drug-likeness (QED) is 0.482. The number of hydrogen-bond donors (Lipinski definition) is 1. The number of pyridine rings is 1. The van der Waals surface area contributed by atoms with Gasteiger partial charge in [0.15, 0.2) is 5.78 Å². The van der Waals surface area contributed by atoms with Gasteiger partial charge in [0, 0.05) is 37.8 Å². The summed E-state index contributed by atoms with van der Waals surface area (Å²) in [5.41, 5.74) is 8.21. The largest absolute Gasteiger partial charge is 0.416 e. The van der Waals surface area contributed by atoms with E-state index in [2.05, 4.69) is 10.1 Å². The van der Waals surface area contributed by atoms with Crippen LogP contribution in [0.4, 0.5) is 19.0 Å². The van der Waals surface area contributed by atoms with Gasteiger partial charge in [-0.3, -0.25) is 14.3 Å². The number of alkyl halides is 3. The van der Waals surface area contributed by atoms with E-state index >= 15 is 0 Å². The lowest BCUT2D eigenvalue weighted by molar-refractivity contribution is -0.139. The number of carbonyl (C=O) groups is 2. The number of nitrogens with zero attached hydrogens (tertiary/aromatic N) is 4. The van der Waals surface area contributed by atoms with Crippen LogP contribution in [-0.4, -0.2) is 37.9 Å². The van der Waals surface area contributed by atoms with Gasteiger partial charge in [0.2, 0.25) is 5.91 Å². The molecule has 37 heavy (non-hydrogen) atoms. The van der Waals surface area contributed by atoms with Crippen molar-refractivity contribution < 1.29 is 22.8 Å². The topological polar surface area (TPSA) is 94.1 Å². The molecule has 7 nitrogen and oxygen atoms in total. The first-order chi connectivity index (χ1) is 17.7. The smallest absolute Gasteiger partial charge is 0.383 e. The van der Waals surface area contributed by atoms with Gasteiger partial charge in [0.05, 0.1) is 23.9 Å². The number of benzene rings is 1. The maximum Gasteiger partial charge on any atom is 0.416 e. The summed E-state index contributed by atoms with van der Waals surface area (Å²) in [6.45, 7) is 0.592. The van der Waals surface area contributed by atoms with Crippen LogP contribution in [0.3, 0.4) is 0 Å². The number of anilines is 1. The molecule has 6 rings (SSSR count). The molecule has 1 saturated heterocycles. The first-order valence-electron chi connectivity index (χ1n) is 12.4. The molecule has 1 aliphatic heterocycles. The van der Waals surface area contributed by atoms with Gasteiger partial charge in [0.25, 0.3) is 0 Å². The Bertz CT molecular complexity index is 1400. The van der Waals surface area contributed by atoms with E-state index < -0.39 is 11.7 Å². The molecule has 3 atom stereocenters. The molecule has 1 aromatic carbocycles. The number of halogens is 3. The molecule has 3 aromatic rings. The lowest BCUT2D eigenvalue weighted by Crippen LogP contribution is -2.29. The number of fused-ring (bicyclic) bond motifs is 2. The van der Waals surface area contributed by atoms with Gasteiger partial charge in [-0.1, -0.05) is 12.1 Å². The number of piperidine rings is 1. The third-order valence-corrected chi connectivity index (χ3v) is 7.89. The second-order valence-electron chi connectivity index (χ2n) is 10.4. The van der Waals surface area contributed by atoms with Crippen LogP contribution in [0.25, 0.3) is 0 Å². The molecule has 0 radical (unpaired) electrons. The molecule has 0 bridgehead atoms. The minimum atomic E-state index is -4.54. The van der Waals surface area contributed by atoms with Crippen molar-refractivity contribution in [1.29, 1.82) is 0 Å². The highest BCUT2D eigenvalue weighted by atomic mass is 19.4. The van der Waals surface area contributed by atoms with Crippen LogP contribution in [0.2, 0.25) is 0 Å². The summed E-state index contributed by atoms with van der Waals surface area (Å²) in [5, 5.41) is 4.22. The Morgan fingerprint density at radius 3 is 2.78 bits per heavy atom. The Balaban J connectivity index is 1.15. The maximum atomic E-state index is 13.9. The lowest BCUT2D eigenvalue weighted by atomic mass is 9.94. The van der Waals surface area contributed by atoms with Crippen LogP contribution in [0, 0.1) is 11.8 Å². The van der Waals surface area contributed by atoms with Crippen LogP contribution in [0.5, 0.6) is 0 Å². The van der Waals surface area contributed by atoms with Crippen molar-refractivity contribution in [1.82, 2.24) is 19.7 Å². The van der Waals surface area contributed by atoms with Gasteiger partial charge in [-0.15, -0.1) is 0 Å². The van der Waals surface area contributed by atoms with E-state index in [-0.39, 0.29) is 42.2 Å². The number of likely N-dealkylation sites (tertiary alicyclic amines) is 1. The molecule has 1 saturated carbocycles. The van der Waals surface area contributed by atoms with Crippen LogP contribution >= 0.6 is 0 Å². The molecule has 2 aliphatic carbocycles. The molecule has 192 valence electrons. The monoisotopic (exact) mass is 509 g/mol. The second-order valence-corrected chi connectivity index (χ2v) is 10.4. The van der Waals surface area contributed by atoms with Crippen LogP contribution in [-0.2, 0) is 30.5 Å². The molecule has 2 fully saturated rings. The average Bonchev–Trinajstić information content (AvgIpc) is 3.13. The maximum absolute atomic E-state index is 13.9. The van der Waals surface area contributed by atoms with Crippen LogP contribution in [0.15, 0.2) is 42.9 Å². The fraction of sp³-hybridized carbons (Fsp3) is 0.407. The fourth-order valence-electron chi connectivity index (χ4n) is 5.82. The van der Waals surface area contributed by atoms with Crippen molar-refractivity contribution in [2.24, 2.45) is 11.8 Å². The standard InChI is InChI=1S/C27H26F3N5O2/c28-27(29,30)23-7-15(1-2-17(23)12-34-13-18-8-22(18)26(34)37)11-35-14-19(10-33-35)24(36)9-16-3-4-21-20(16)5-6-32-25(21)31/h1-2,5-7,10,14,16,18,22H,3-4,8-9,11-13H2,(H2,31,32)/t16-,18?,22?/m0/s1. The Morgan fingerprint density at radius 2 is 2.03 bits per heavy atom. The van der Waals surface area contributed by atoms with Crippen molar-refractivity contribution in [3.8, 4) is 0 Å². The number of amides is 1. The molecular weight excluding hydrogens is 483 g/mol. The average molecular weight is 510 g/mol. The molecule has 3 heterocycles. The van der Waals surface area contributed by atoms with Gasteiger partial charge in [-0.25, -0.2) is 4.98 Å². The fourth-order valence-corrected chi connectivity index (χ4v) is 5.82. The van der Waals surface area contributed by atoms with E-state index in [1.54, 1.807) is 18.5 Å². The highest BCUT2D eigenvalue weighted by molar-refractivity contribution is 5.96. The Kier molecular flexibility index (Phi) is 5.58. The van der Waals surface area contributed by atoms with E-state index in [0.29, 0.717) is 35.8 Å². The number of carbonyl (C=O) groups excluding carboxylic acids is 2. The summed E-state index contributed by atoms with van der Waals surface area (Å²) in [7, 11) is 0. The van der Waals surface area contributed by atoms with Crippen molar-refractivity contribution in [3.05, 3.63) is 76.2 Å². The van der Waals surface area contributed by atoms with Crippen LogP contribution < -0.4 is 5.73 Å². The van der Waals surface area contributed by atoms with E-state index in [9.17, 15) is 22.8 Å². The highest BCUT2D eigenvalue weighted by Gasteiger charge is 2.52. The molecule has 3 aliphatic rings. The number of nitrogen functional groups attached to an aromatic ring is 1. The number of ketones is 1. The van der Waals surface area contributed by atoms with E-state index in [4.69, 9.17) is 5.73 Å². The first-order valence-corrected chi connectivity index (χ1v) is 12.4. The normalized spacial score (nSPS) is 22.3. The summed E-state index contributed by atoms with van der Waals surface area (Å²) in [6.07, 6.45) is 2.93. The minimum absolute atomic E-state index is 0.00360. The summed E-state index contributed by atoms with van der Waals surface area (Å²) in [4.78, 5) is 30.8. The zero-order valence-electron chi connectivity index (χ0n) is 20.0. The molecular formula is C27H26F3N5O2. The van der Waals surface area contributed by atoms with Gasteiger partial charge < -0.3 is 10.6 Å². The summed E-state index contributed by atoms with van der Waals surface area (Å²) in [5.74, 6) is 0.760. The third kappa shape index (κ3) is 4.49. The van der Waals surface area contributed by atoms with Crippen molar-refractivity contribution >= 4 is 17.5 Å². The molecule has 1 amide bonds. The van der Waals surface area contributed by atoms with E-state index in [1.807, 2.05) is 6.07 Å². The molecule has 2 unspecified atom stereocenters. The van der Waals surface area contributed by atoms with Gasteiger partial charge >= 0.3 is 6.18 Å².